The van der Waals surface area contributed by atoms with Gasteiger partial charge < -0.3 is 9.47 Å². The number of esters is 1. The Bertz CT molecular complexity index is 239. The molecule has 1 rings (SSSR count). The average molecular weight is 255 g/mol. The first-order chi connectivity index (χ1) is 7.97. The van der Waals surface area contributed by atoms with Crippen molar-refractivity contribution in [2.75, 3.05) is 26.3 Å². The van der Waals surface area contributed by atoms with E-state index in [1.54, 1.807) is 0 Å². The average Bonchev–Trinajstić information content (AvgIpc) is 2.26. The summed E-state index contributed by atoms with van der Waals surface area (Å²) in [4.78, 5) is 11.1. The lowest BCUT2D eigenvalue weighted by molar-refractivity contribution is -0.149. The highest BCUT2D eigenvalue weighted by Gasteiger charge is 2.26. The normalized spacial score (nSPS) is 21.2. The van der Waals surface area contributed by atoms with Crippen LogP contribution < -0.4 is 5.32 Å². The molecule has 100 valence electrons. The zero-order valence-corrected chi connectivity index (χ0v) is 9.39. The molecule has 17 heavy (non-hydrogen) atoms. The van der Waals surface area contributed by atoms with E-state index in [2.05, 4.69) is 0 Å². The van der Waals surface area contributed by atoms with Gasteiger partial charge in [0.05, 0.1) is 19.2 Å². The van der Waals surface area contributed by atoms with Crippen LogP contribution in [0, 0.1) is 0 Å². The molecule has 0 aliphatic carbocycles. The Kier molecular flexibility index (Phi) is 5.70. The van der Waals surface area contributed by atoms with Crippen LogP contribution in [0.3, 0.4) is 0 Å². The van der Waals surface area contributed by atoms with Crippen LogP contribution in [0.1, 0.15) is 19.3 Å². The van der Waals surface area contributed by atoms with Gasteiger partial charge in [0.2, 0.25) is 0 Å². The molecule has 1 fully saturated rings. The lowest BCUT2D eigenvalue weighted by atomic mass is 10.1. The molecule has 1 unspecified atom stereocenters. The van der Waals surface area contributed by atoms with Crippen LogP contribution in [-0.4, -0.2) is 44.6 Å². The third-order valence-electron chi connectivity index (χ3n) is 2.30. The summed E-state index contributed by atoms with van der Waals surface area (Å²) < 4.78 is 45.4. The summed E-state index contributed by atoms with van der Waals surface area (Å²) in [5.41, 5.74) is 0. The second-order valence-corrected chi connectivity index (χ2v) is 3.89. The predicted molar refractivity (Wildman–Crippen MR) is 53.5 cm³/mol. The van der Waals surface area contributed by atoms with E-state index in [-0.39, 0.29) is 12.7 Å². The fourth-order valence-electron chi connectivity index (χ4n) is 1.48. The van der Waals surface area contributed by atoms with Crippen LogP contribution in [0.15, 0.2) is 0 Å². The van der Waals surface area contributed by atoms with Crippen molar-refractivity contribution in [3.05, 3.63) is 0 Å². The minimum Gasteiger partial charge on any atom is -0.462 e. The number of ether oxygens (including phenoxy) is 2. The molecule has 4 nitrogen and oxygen atoms in total. The van der Waals surface area contributed by atoms with Gasteiger partial charge in [0.15, 0.2) is 0 Å². The number of halogens is 3. The van der Waals surface area contributed by atoms with Crippen molar-refractivity contribution in [1.29, 1.82) is 0 Å². The van der Waals surface area contributed by atoms with Crippen LogP contribution in [0.5, 0.6) is 0 Å². The number of nitrogens with one attached hydrogen (secondary N) is 1. The summed E-state index contributed by atoms with van der Waals surface area (Å²) >= 11 is 0. The predicted octanol–water partition coefficient (Wildman–Crippen LogP) is 1.25. The Morgan fingerprint density at radius 2 is 2.18 bits per heavy atom. The molecular weight excluding hydrogens is 239 g/mol. The topological polar surface area (TPSA) is 47.6 Å². The maximum absolute atomic E-state index is 11.7. The molecule has 0 bridgehead atoms. The monoisotopic (exact) mass is 255 g/mol. The van der Waals surface area contributed by atoms with Gasteiger partial charge in [-0.05, 0) is 19.3 Å². The number of alkyl halides is 3. The largest absolute Gasteiger partial charge is 0.462 e. The van der Waals surface area contributed by atoms with Crippen molar-refractivity contribution >= 4 is 5.97 Å². The standard InChI is InChI=1S/C10H16F3NO3/c11-10(12,13)7-14-5-9(15)17-6-8-3-1-2-4-16-8/h8,14H,1-7H2. The zero-order valence-electron chi connectivity index (χ0n) is 9.39. The first-order valence-corrected chi connectivity index (χ1v) is 5.52. The summed E-state index contributed by atoms with van der Waals surface area (Å²) in [6, 6.07) is 0. The van der Waals surface area contributed by atoms with Gasteiger partial charge in [0, 0.05) is 6.61 Å². The van der Waals surface area contributed by atoms with Crippen LogP contribution in [0.25, 0.3) is 0 Å². The SMILES string of the molecule is O=C(CNCC(F)(F)F)OCC1CCCCO1. The molecule has 0 radical (unpaired) electrons. The van der Waals surface area contributed by atoms with E-state index in [1.807, 2.05) is 5.32 Å². The van der Waals surface area contributed by atoms with Crippen molar-refractivity contribution in [3.63, 3.8) is 0 Å². The van der Waals surface area contributed by atoms with Crippen molar-refractivity contribution < 1.29 is 27.4 Å². The van der Waals surface area contributed by atoms with E-state index >= 15 is 0 Å². The van der Waals surface area contributed by atoms with E-state index in [4.69, 9.17) is 9.47 Å². The molecule has 1 saturated heterocycles. The van der Waals surface area contributed by atoms with Gasteiger partial charge >= 0.3 is 12.1 Å². The van der Waals surface area contributed by atoms with Crippen molar-refractivity contribution in [2.45, 2.75) is 31.5 Å². The maximum atomic E-state index is 11.7. The van der Waals surface area contributed by atoms with Gasteiger partial charge in [-0.3, -0.25) is 10.1 Å². The Morgan fingerprint density at radius 1 is 1.41 bits per heavy atom. The lowest BCUT2D eigenvalue weighted by Crippen LogP contribution is -2.35. The molecule has 7 heteroatoms. The Balaban J connectivity index is 2.04. The first kappa shape index (κ1) is 14.2. The highest BCUT2D eigenvalue weighted by molar-refractivity contribution is 5.71. The Labute approximate surface area is 97.5 Å². The van der Waals surface area contributed by atoms with E-state index in [0.29, 0.717) is 6.61 Å². The van der Waals surface area contributed by atoms with Gasteiger partial charge in [0.25, 0.3) is 0 Å². The molecular formula is C10H16F3NO3. The minimum atomic E-state index is -4.31. The van der Waals surface area contributed by atoms with Crippen molar-refractivity contribution in [1.82, 2.24) is 5.32 Å². The molecule has 1 atom stereocenters. The Hall–Kier alpha value is -0.820. The third kappa shape index (κ3) is 7.17. The molecule has 0 saturated carbocycles. The molecule has 1 aliphatic rings. The summed E-state index contributed by atoms with van der Waals surface area (Å²) in [6.07, 6.45) is -1.59. The van der Waals surface area contributed by atoms with Crippen LogP contribution in [-0.2, 0) is 14.3 Å². The van der Waals surface area contributed by atoms with E-state index in [0.717, 1.165) is 19.3 Å². The van der Waals surface area contributed by atoms with Crippen molar-refractivity contribution in [2.24, 2.45) is 0 Å². The molecule has 0 aromatic rings. The van der Waals surface area contributed by atoms with Crippen LogP contribution >= 0.6 is 0 Å². The summed E-state index contributed by atoms with van der Waals surface area (Å²) in [5.74, 6) is -0.691. The summed E-state index contributed by atoms with van der Waals surface area (Å²) in [6.45, 7) is -0.866. The number of hydrogen-bond acceptors (Lipinski definition) is 4. The third-order valence-corrected chi connectivity index (χ3v) is 2.30. The molecule has 1 N–H and O–H groups in total. The molecule has 0 aromatic carbocycles. The molecule has 0 spiro atoms. The molecule has 0 aromatic heterocycles. The number of rotatable bonds is 5. The zero-order chi connectivity index (χ0) is 12.7. The van der Waals surface area contributed by atoms with Crippen molar-refractivity contribution in [3.8, 4) is 0 Å². The Morgan fingerprint density at radius 3 is 2.76 bits per heavy atom. The highest BCUT2D eigenvalue weighted by atomic mass is 19.4. The number of carbonyl (C=O) groups excluding carboxylic acids is 1. The van der Waals surface area contributed by atoms with E-state index in [1.165, 1.54) is 0 Å². The smallest absolute Gasteiger partial charge is 0.401 e. The lowest BCUT2D eigenvalue weighted by Gasteiger charge is -2.22. The van der Waals surface area contributed by atoms with Gasteiger partial charge in [0.1, 0.15) is 6.61 Å². The summed E-state index contributed by atoms with van der Waals surface area (Å²) in [5, 5.41) is 1.97. The van der Waals surface area contributed by atoms with Crippen LogP contribution in [0.2, 0.25) is 0 Å². The van der Waals surface area contributed by atoms with Gasteiger partial charge in [-0.15, -0.1) is 0 Å². The van der Waals surface area contributed by atoms with Crippen LogP contribution in [0.4, 0.5) is 13.2 Å². The van der Waals surface area contributed by atoms with Gasteiger partial charge in [-0.1, -0.05) is 0 Å². The highest BCUT2D eigenvalue weighted by Crippen LogP contribution is 2.13. The summed E-state index contributed by atoms with van der Waals surface area (Å²) in [7, 11) is 0. The first-order valence-electron chi connectivity index (χ1n) is 5.52. The molecule has 0 amide bonds. The molecule has 1 heterocycles. The second-order valence-electron chi connectivity index (χ2n) is 3.89. The number of hydrogen-bond donors (Lipinski definition) is 1. The van der Waals surface area contributed by atoms with E-state index in [9.17, 15) is 18.0 Å². The number of carbonyl (C=O) groups is 1. The minimum absolute atomic E-state index is 0.115. The quantitative estimate of drug-likeness (QED) is 0.751. The fraction of sp³-hybridized carbons (Fsp3) is 0.900. The van der Waals surface area contributed by atoms with E-state index < -0.39 is 25.2 Å². The second kappa shape index (κ2) is 6.80. The maximum Gasteiger partial charge on any atom is 0.401 e. The van der Waals surface area contributed by atoms with Gasteiger partial charge in [-0.2, -0.15) is 13.2 Å². The molecule has 1 aliphatic heterocycles. The van der Waals surface area contributed by atoms with Gasteiger partial charge in [-0.25, -0.2) is 0 Å². The fourth-order valence-corrected chi connectivity index (χ4v) is 1.48.